The second-order valence-electron chi connectivity index (χ2n) is 8.45. The molecule has 2 aliphatic heterocycles. The summed E-state index contributed by atoms with van der Waals surface area (Å²) in [6.45, 7) is 3.92. The molecule has 0 fully saturated rings. The Kier molecular flexibility index (Phi) is 9.66. The van der Waals surface area contributed by atoms with Crippen LogP contribution in [0.4, 0.5) is 0 Å². The number of carbonyl (C=O) groups is 3. The van der Waals surface area contributed by atoms with Gasteiger partial charge in [0.05, 0.1) is 20.0 Å². The summed E-state index contributed by atoms with van der Waals surface area (Å²) in [5.74, 6) is -1.45. The van der Waals surface area contributed by atoms with Crippen LogP contribution in [0.15, 0.2) is 24.3 Å². The highest BCUT2D eigenvalue weighted by molar-refractivity contribution is 7.88. The Morgan fingerprint density at radius 1 is 1.12 bits per heavy atom. The lowest BCUT2D eigenvalue weighted by molar-refractivity contribution is -0.145. The topological polar surface area (TPSA) is 140 Å². The number of sulfonamides is 1. The van der Waals surface area contributed by atoms with Crippen LogP contribution < -0.4 is 20.1 Å². The normalized spacial score (nSPS) is 23.2. The van der Waals surface area contributed by atoms with E-state index in [-0.39, 0.29) is 12.3 Å². The number of ether oxygens (including phenoxy) is 2. The first kappa shape index (κ1) is 26.6. The smallest absolute Gasteiger partial charge is 0.328 e. The number of esters is 1. The fraction of sp³-hybridized carbons (Fsp3) is 0.591. The van der Waals surface area contributed by atoms with Crippen LogP contribution in [0.25, 0.3) is 0 Å². The molecule has 0 aromatic heterocycles. The van der Waals surface area contributed by atoms with Crippen LogP contribution in [-0.2, 0) is 35.6 Å². The molecule has 2 amide bonds. The molecule has 0 saturated heterocycles. The third-order valence-electron chi connectivity index (χ3n) is 5.24. The van der Waals surface area contributed by atoms with E-state index in [1.165, 1.54) is 7.11 Å². The van der Waals surface area contributed by atoms with Crippen LogP contribution in [0.3, 0.4) is 0 Å². The van der Waals surface area contributed by atoms with Crippen LogP contribution in [0.1, 0.15) is 38.7 Å². The molecule has 0 spiro atoms. The van der Waals surface area contributed by atoms with E-state index in [1.807, 2.05) is 0 Å². The number of benzene rings is 1. The zero-order valence-electron chi connectivity index (χ0n) is 19.4. The maximum atomic E-state index is 13.0. The maximum Gasteiger partial charge on any atom is 0.328 e. The van der Waals surface area contributed by atoms with E-state index in [1.54, 1.807) is 38.1 Å². The summed E-state index contributed by atoms with van der Waals surface area (Å²) < 4.78 is 36.6. The van der Waals surface area contributed by atoms with Gasteiger partial charge >= 0.3 is 5.97 Å². The minimum atomic E-state index is -3.71. The molecule has 1 aromatic carbocycles. The molecule has 3 unspecified atom stereocenters. The van der Waals surface area contributed by atoms with Crippen molar-refractivity contribution in [2.75, 3.05) is 20.0 Å². The summed E-state index contributed by atoms with van der Waals surface area (Å²) in [7, 11) is -2.47. The van der Waals surface area contributed by atoms with Gasteiger partial charge in [-0.3, -0.25) is 9.59 Å². The lowest BCUT2D eigenvalue weighted by atomic mass is 10.0. The van der Waals surface area contributed by atoms with Gasteiger partial charge in [0.1, 0.15) is 23.9 Å². The summed E-state index contributed by atoms with van der Waals surface area (Å²) in [5.41, 5.74) is 0.722. The second kappa shape index (κ2) is 12.0. The van der Waals surface area contributed by atoms with Gasteiger partial charge in [-0.15, -0.1) is 0 Å². The largest absolute Gasteiger partial charge is 0.494 e. The number of hydrogen-bond acceptors (Lipinski definition) is 7. The van der Waals surface area contributed by atoms with Crippen molar-refractivity contribution >= 4 is 27.8 Å². The molecule has 0 radical (unpaired) electrons. The van der Waals surface area contributed by atoms with E-state index in [9.17, 15) is 22.8 Å². The van der Waals surface area contributed by atoms with Crippen molar-refractivity contribution in [1.82, 2.24) is 15.4 Å². The monoisotopic (exact) mass is 483 g/mol. The van der Waals surface area contributed by atoms with Crippen LogP contribution in [0.2, 0.25) is 0 Å². The van der Waals surface area contributed by atoms with Gasteiger partial charge < -0.3 is 20.1 Å². The lowest BCUT2D eigenvalue weighted by Crippen LogP contribution is -2.57. The Labute approximate surface area is 194 Å². The zero-order chi connectivity index (χ0) is 24.6. The number of hydrogen-bond donors (Lipinski definition) is 3. The van der Waals surface area contributed by atoms with Crippen molar-refractivity contribution in [2.24, 2.45) is 5.92 Å². The number of nitrogens with one attached hydrogen (secondary N) is 3. The predicted molar refractivity (Wildman–Crippen MR) is 122 cm³/mol. The zero-order valence-corrected chi connectivity index (χ0v) is 20.2. The molecule has 3 N–H and O–H groups in total. The van der Waals surface area contributed by atoms with Crippen molar-refractivity contribution in [1.29, 1.82) is 0 Å². The average molecular weight is 484 g/mol. The van der Waals surface area contributed by atoms with Crippen LogP contribution in [0.5, 0.6) is 5.75 Å². The molecule has 184 valence electrons. The Hall–Kier alpha value is -2.66. The molecule has 3 rings (SSSR count). The fourth-order valence-electron chi connectivity index (χ4n) is 3.49. The first-order valence-electron chi connectivity index (χ1n) is 10.9. The molecular weight excluding hydrogens is 450 g/mol. The molecular formula is C22H33N3O7S. The first-order chi connectivity index (χ1) is 15.5. The molecule has 11 heteroatoms. The molecule has 0 saturated carbocycles. The van der Waals surface area contributed by atoms with Crippen molar-refractivity contribution < 1.29 is 32.3 Å². The summed E-state index contributed by atoms with van der Waals surface area (Å²) in [6.07, 6.45) is 2.66. The third kappa shape index (κ3) is 8.65. The molecule has 2 aliphatic rings. The number of amides is 2. The maximum absolute atomic E-state index is 13.0. The number of rotatable bonds is 4. The third-order valence-corrected chi connectivity index (χ3v) is 5.95. The minimum absolute atomic E-state index is 0.0798. The lowest BCUT2D eigenvalue weighted by Gasteiger charge is -2.26. The van der Waals surface area contributed by atoms with Crippen LogP contribution >= 0.6 is 0 Å². The second-order valence-corrected chi connectivity index (χ2v) is 10.2. The Morgan fingerprint density at radius 2 is 1.79 bits per heavy atom. The van der Waals surface area contributed by atoms with Gasteiger partial charge in [0.15, 0.2) is 0 Å². The SMILES string of the molecule is COC(=O)C1CCCCOc2ccc(cc2)CC(NS(C)(=O)=O)C(=O)NC(C(C)C)C(=O)N1. The van der Waals surface area contributed by atoms with E-state index in [0.717, 1.165) is 11.8 Å². The molecule has 1 aromatic rings. The van der Waals surface area contributed by atoms with Gasteiger partial charge in [-0.05, 0) is 49.3 Å². The van der Waals surface area contributed by atoms with Gasteiger partial charge in [0.2, 0.25) is 21.8 Å². The number of carbonyl (C=O) groups excluding carboxylic acids is 3. The number of fused-ring (bicyclic) bond motifs is 14. The Bertz CT molecular complexity index is 932. The highest BCUT2D eigenvalue weighted by Gasteiger charge is 2.32. The minimum Gasteiger partial charge on any atom is -0.494 e. The molecule has 3 atom stereocenters. The van der Waals surface area contributed by atoms with Crippen molar-refractivity contribution in [3.63, 3.8) is 0 Å². The highest BCUT2D eigenvalue weighted by Crippen LogP contribution is 2.16. The molecule has 2 heterocycles. The quantitative estimate of drug-likeness (QED) is 0.530. The van der Waals surface area contributed by atoms with Gasteiger partial charge in [-0.2, -0.15) is 0 Å². The summed E-state index contributed by atoms with van der Waals surface area (Å²) in [4.78, 5) is 38.2. The number of methoxy groups -OCH3 is 1. The fourth-order valence-corrected chi connectivity index (χ4v) is 4.19. The van der Waals surface area contributed by atoms with Crippen molar-refractivity contribution in [2.45, 2.75) is 57.7 Å². The van der Waals surface area contributed by atoms with E-state index in [4.69, 9.17) is 9.47 Å². The van der Waals surface area contributed by atoms with Gasteiger partial charge in [-0.25, -0.2) is 17.9 Å². The Balaban J connectivity index is 2.36. The molecule has 2 bridgehead atoms. The standard InChI is InChI=1S/C22H33N3O7S/c1-14(2)19-21(27)23-17(22(28)31-3)7-5-6-12-32-16-10-8-15(9-11-16)13-18(20(26)24-19)25-33(4,29)30/h8-11,14,17-19,25H,5-7,12-13H2,1-4H3,(H,23,27)(H,24,26). The summed E-state index contributed by atoms with van der Waals surface area (Å²) >= 11 is 0. The van der Waals surface area contributed by atoms with Crippen LogP contribution in [0, 0.1) is 5.92 Å². The Morgan fingerprint density at radius 3 is 2.36 bits per heavy atom. The molecule has 0 aliphatic carbocycles. The summed E-state index contributed by atoms with van der Waals surface area (Å²) in [6, 6.07) is 4.04. The highest BCUT2D eigenvalue weighted by atomic mass is 32.2. The van der Waals surface area contributed by atoms with Crippen molar-refractivity contribution in [3.8, 4) is 5.75 Å². The molecule has 33 heavy (non-hydrogen) atoms. The van der Waals surface area contributed by atoms with E-state index in [2.05, 4.69) is 15.4 Å². The van der Waals surface area contributed by atoms with Gasteiger partial charge in [0, 0.05) is 0 Å². The predicted octanol–water partition coefficient (Wildman–Crippen LogP) is 0.508. The van der Waals surface area contributed by atoms with Gasteiger partial charge in [-0.1, -0.05) is 26.0 Å². The summed E-state index contributed by atoms with van der Waals surface area (Å²) in [5, 5.41) is 5.31. The van der Waals surface area contributed by atoms with Crippen LogP contribution in [-0.4, -0.2) is 64.3 Å². The van der Waals surface area contributed by atoms with E-state index in [0.29, 0.717) is 31.6 Å². The molecule has 10 nitrogen and oxygen atoms in total. The van der Waals surface area contributed by atoms with E-state index < -0.39 is 45.9 Å². The first-order valence-corrected chi connectivity index (χ1v) is 12.8. The van der Waals surface area contributed by atoms with Gasteiger partial charge in [0.25, 0.3) is 0 Å². The van der Waals surface area contributed by atoms with E-state index >= 15 is 0 Å². The average Bonchev–Trinajstić information content (AvgIpc) is 2.74. The van der Waals surface area contributed by atoms with Crippen molar-refractivity contribution in [3.05, 3.63) is 29.8 Å².